The molecule has 2 amide bonds. The maximum absolute atomic E-state index is 12.7. The normalized spacial score (nSPS) is 14.0. The SMILES string of the molecule is O=C(/C=C/c1cccc(C(F)(F)F)c1)OCN1C(=O)c2ccccc2C1=O. The van der Waals surface area contributed by atoms with E-state index < -0.39 is 36.3 Å². The van der Waals surface area contributed by atoms with Gasteiger partial charge in [-0.15, -0.1) is 0 Å². The number of ether oxygens (including phenoxy) is 1. The van der Waals surface area contributed by atoms with Gasteiger partial charge in [0, 0.05) is 6.08 Å². The molecule has 0 spiro atoms. The van der Waals surface area contributed by atoms with Crippen LogP contribution in [0.3, 0.4) is 0 Å². The van der Waals surface area contributed by atoms with Crippen molar-refractivity contribution in [3.63, 3.8) is 0 Å². The van der Waals surface area contributed by atoms with Crippen LogP contribution in [0.15, 0.2) is 54.6 Å². The molecule has 3 rings (SSSR count). The first-order valence-corrected chi connectivity index (χ1v) is 7.74. The highest BCUT2D eigenvalue weighted by Gasteiger charge is 2.35. The molecule has 8 heteroatoms. The third kappa shape index (κ3) is 3.89. The summed E-state index contributed by atoms with van der Waals surface area (Å²) in [4.78, 5) is 36.8. The molecule has 0 fully saturated rings. The Labute approximate surface area is 151 Å². The highest BCUT2D eigenvalue weighted by Crippen LogP contribution is 2.29. The number of esters is 1. The predicted molar refractivity (Wildman–Crippen MR) is 88.4 cm³/mol. The lowest BCUT2D eigenvalue weighted by molar-refractivity contribution is -0.140. The van der Waals surface area contributed by atoms with Crippen LogP contribution in [0.2, 0.25) is 0 Å². The minimum Gasteiger partial charge on any atom is -0.441 e. The minimum absolute atomic E-state index is 0.155. The third-order valence-corrected chi connectivity index (χ3v) is 3.84. The number of benzene rings is 2. The number of carbonyl (C=O) groups excluding carboxylic acids is 3. The zero-order chi connectivity index (χ0) is 19.6. The van der Waals surface area contributed by atoms with Crippen molar-refractivity contribution >= 4 is 23.9 Å². The van der Waals surface area contributed by atoms with E-state index in [1.54, 1.807) is 12.1 Å². The van der Waals surface area contributed by atoms with E-state index in [-0.39, 0.29) is 16.7 Å². The molecule has 2 aromatic carbocycles. The zero-order valence-electron chi connectivity index (χ0n) is 13.7. The van der Waals surface area contributed by atoms with Gasteiger partial charge in [0.25, 0.3) is 11.8 Å². The number of hydrogen-bond acceptors (Lipinski definition) is 4. The quantitative estimate of drug-likeness (QED) is 0.466. The zero-order valence-corrected chi connectivity index (χ0v) is 13.7. The average Bonchev–Trinajstić information content (AvgIpc) is 2.89. The van der Waals surface area contributed by atoms with Gasteiger partial charge in [0.15, 0.2) is 6.73 Å². The van der Waals surface area contributed by atoms with Gasteiger partial charge in [-0.1, -0.05) is 24.3 Å². The number of fused-ring (bicyclic) bond motifs is 1. The summed E-state index contributed by atoms with van der Waals surface area (Å²) in [6.07, 6.45) is -2.41. The van der Waals surface area contributed by atoms with Crippen molar-refractivity contribution in [2.24, 2.45) is 0 Å². The fourth-order valence-electron chi connectivity index (χ4n) is 2.52. The maximum Gasteiger partial charge on any atom is 0.416 e. The van der Waals surface area contributed by atoms with E-state index in [1.807, 2.05) is 0 Å². The Balaban J connectivity index is 1.62. The summed E-state index contributed by atoms with van der Waals surface area (Å²) in [6, 6.07) is 10.6. The molecule has 5 nitrogen and oxygen atoms in total. The van der Waals surface area contributed by atoms with Gasteiger partial charge in [0.2, 0.25) is 0 Å². The van der Waals surface area contributed by atoms with Crippen molar-refractivity contribution in [2.45, 2.75) is 6.18 Å². The number of rotatable bonds is 4. The van der Waals surface area contributed by atoms with Crippen LogP contribution in [-0.4, -0.2) is 29.4 Å². The number of halogens is 3. The summed E-state index contributed by atoms with van der Waals surface area (Å²) in [5.41, 5.74) is -0.248. The summed E-state index contributed by atoms with van der Waals surface area (Å²) in [7, 11) is 0. The van der Waals surface area contributed by atoms with Crippen molar-refractivity contribution in [2.75, 3.05) is 6.73 Å². The number of carbonyl (C=O) groups is 3. The molecule has 0 aliphatic carbocycles. The minimum atomic E-state index is -4.49. The summed E-state index contributed by atoms with van der Waals surface area (Å²) >= 11 is 0. The third-order valence-electron chi connectivity index (χ3n) is 3.84. The van der Waals surface area contributed by atoms with E-state index in [9.17, 15) is 27.6 Å². The van der Waals surface area contributed by atoms with Crippen molar-refractivity contribution in [1.29, 1.82) is 0 Å². The van der Waals surface area contributed by atoms with E-state index in [0.29, 0.717) is 0 Å². The molecule has 0 saturated heterocycles. The van der Waals surface area contributed by atoms with Crippen molar-refractivity contribution in [3.05, 3.63) is 76.9 Å². The van der Waals surface area contributed by atoms with E-state index in [1.165, 1.54) is 24.3 Å². The lowest BCUT2D eigenvalue weighted by atomic mass is 10.1. The number of hydrogen-bond donors (Lipinski definition) is 0. The Bertz CT molecular complexity index is 915. The predicted octanol–water partition coefficient (Wildman–Crippen LogP) is 3.52. The molecule has 0 atom stereocenters. The van der Waals surface area contributed by atoms with Crippen LogP contribution in [0.25, 0.3) is 6.08 Å². The first-order valence-electron chi connectivity index (χ1n) is 7.74. The summed E-state index contributed by atoms with van der Waals surface area (Å²) in [5, 5.41) is 0. The van der Waals surface area contributed by atoms with E-state index >= 15 is 0 Å². The molecule has 1 aliphatic rings. The molecule has 0 radical (unpaired) electrons. The molecule has 0 unspecified atom stereocenters. The topological polar surface area (TPSA) is 63.7 Å². The van der Waals surface area contributed by atoms with E-state index in [4.69, 9.17) is 4.74 Å². The van der Waals surface area contributed by atoms with Crippen LogP contribution >= 0.6 is 0 Å². The molecule has 27 heavy (non-hydrogen) atoms. The van der Waals surface area contributed by atoms with Crippen molar-refractivity contribution in [1.82, 2.24) is 4.90 Å². The van der Waals surface area contributed by atoms with Crippen LogP contribution < -0.4 is 0 Å². The Morgan fingerprint density at radius 3 is 2.22 bits per heavy atom. The number of alkyl halides is 3. The van der Waals surface area contributed by atoms with Gasteiger partial charge in [0.1, 0.15) is 0 Å². The molecular weight excluding hydrogens is 363 g/mol. The van der Waals surface area contributed by atoms with Crippen molar-refractivity contribution < 1.29 is 32.3 Å². The van der Waals surface area contributed by atoms with Crippen LogP contribution in [0.5, 0.6) is 0 Å². The molecule has 2 aromatic rings. The van der Waals surface area contributed by atoms with Gasteiger partial charge in [-0.2, -0.15) is 13.2 Å². The smallest absolute Gasteiger partial charge is 0.416 e. The summed E-state index contributed by atoms with van der Waals surface area (Å²) in [5.74, 6) is -2.06. The first-order chi connectivity index (χ1) is 12.8. The van der Waals surface area contributed by atoms with Gasteiger partial charge in [-0.05, 0) is 35.9 Å². The Kier molecular flexibility index (Phi) is 4.81. The van der Waals surface area contributed by atoms with Crippen LogP contribution in [0, 0.1) is 0 Å². The maximum atomic E-state index is 12.7. The van der Waals surface area contributed by atoms with E-state index in [2.05, 4.69) is 0 Å². The lowest BCUT2D eigenvalue weighted by Gasteiger charge is -2.12. The van der Waals surface area contributed by atoms with Crippen LogP contribution in [-0.2, 0) is 15.7 Å². The van der Waals surface area contributed by atoms with Gasteiger partial charge < -0.3 is 4.74 Å². The molecule has 0 N–H and O–H groups in total. The second kappa shape index (κ2) is 7.06. The molecule has 0 bridgehead atoms. The van der Waals surface area contributed by atoms with Crippen molar-refractivity contribution in [3.8, 4) is 0 Å². The second-order valence-corrected chi connectivity index (χ2v) is 5.63. The fourth-order valence-corrected chi connectivity index (χ4v) is 2.52. The Morgan fingerprint density at radius 2 is 1.63 bits per heavy atom. The van der Waals surface area contributed by atoms with Gasteiger partial charge in [-0.25, -0.2) is 9.69 Å². The number of imide groups is 1. The van der Waals surface area contributed by atoms with Crippen LogP contribution in [0.1, 0.15) is 31.8 Å². The molecular formula is C19H12F3NO4. The largest absolute Gasteiger partial charge is 0.441 e. The molecule has 1 heterocycles. The standard InChI is InChI=1S/C19H12F3NO4/c20-19(21,22)13-5-3-4-12(10-13)8-9-16(24)27-11-23-17(25)14-6-1-2-7-15(14)18(23)26/h1-10H,11H2/b9-8+. The van der Waals surface area contributed by atoms with Gasteiger partial charge >= 0.3 is 12.1 Å². The first kappa shape index (κ1) is 18.4. The highest BCUT2D eigenvalue weighted by atomic mass is 19.4. The van der Waals surface area contributed by atoms with E-state index in [0.717, 1.165) is 29.2 Å². The summed E-state index contributed by atoms with van der Waals surface area (Å²) < 4.78 is 42.8. The average molecular weight is 375 g/mol. The fraction of sp³-hybridized carbons (Fsp3) is 0.105. The Morgan fingerprint density at radius 1 is 1.00 bits per heavy atom. The number of nitrogens with zero attached hydrogens (tertiary/aromatic N) is 1. The van der Waals surface area contributed by atoms with Gasteiger partial charge in [0.05, 0.1) is 16.7 Å². The number of amides is 2. The lowest BCUT2D eigenvalue weighted by Crippen LogP contribution is -2.32. The monoisotopic (exact) mass is 375 g/mol. The Hall–Kier alpha value is -3.42. The highest BCUT2D eigenvalue weighted by molar-refractivity contribution is 6.21. The molecule has 138 valence electrons. The second-order valence-electron chi connectivity index (χ2n) is 5.63. The van der Waals surface area contributed by atoms with Gasteiger partial charge in [-0.3, -0.25) is 9.59 Å². The summed E-state index contributed by atoms with van der Waals surface area (Å²) in [6.45, 7) is -0.585. The molecule has 0 aromatic heterocycles. The van der Waals surface area contributed by atoms with Crippen LogP contribution in [0.4, 0.5) is 13.2 Å². The molecule has 0 saturated carbocycles. The molecule has 1 aliphatic heterocycles.